The summed E-state index contributed by atoms with van der Waals surface area (Å²) >= 11 is 6.00. The number of aliphatic hydroxyl groups is 1. The van der Waals surface area contributed by atoms with E-state index in [0.717, 1.165) is 24.8 Å². The van der Waals surface area contributed by atoms with E-state index in [4.69, 9.17) is 16.7 Å². The zero-order valence-corrected chi connectivity index (χ0v) is 11.5. The van der Waals surface area contributed by atoms with Crippen LogP contribution in [0.15, 0.2) is 30.3 Å². The zero-order chi connectivity index (χ0) is 13.7. The van der Waals surface area contributed by atoms with Crippen molar-refractivity contribution in [2.75, 3.05) is 13.2 Å². The number of hydrogen-bond acceptors (Lipinski definition) is 2. The van der Waals surface area contributed by atoms with Gasteiger partial charge >= 0.3 is 0 Å². The van der Waals surface area contributed by atoms with Crippen molar-refractivity contribution in [2.24, 2.45) is 5.41 Å². The van der Waals surface area contributed by atoms with E-state index in [1.807, 2.05) is 18.2 Å². The van der Waals surface area contributed by atoms with Crippen LogP contribution in [0.25, 0.3) is 6.08 Å². The second-order valence-corrected chi connectivity index (χ2v) is 5.45. The number of nitrogens with one attached hydrogen (secondary N) is 1. The van der Waals surface area contributed by atoms with Crippen LogP contribution in [-0.4, -0.2) is 24.2 Å². The molecule has 0 spiro atoms. The second-order valence-electron chi connectivity index (χ2n) is 5.05. The van der Waals surface area contributed by atoms with Gasteiger partial charge in [-0.15, -0.1) is 0 Å². The first-order chi connectivity index (χ1) is 9.15. The summed E-state index contributed by atoms with van der Waals surface area (Å²) in [6, 6.07) is 7.38. The van der Waals surface area contributed by atoms with Crippen LogP contribution in [0.5, 0.6) is 0 Å². The molecule has 0 heterocycles. The van der Waals surface area contributed by atoms with Crippen molar-refractivity contribution in [3.63, 3.8) is 0 Å². The van der Waals surface area contributed by atoms with Gasteiger partial charge in [-0.1, -0.05) is 29.8 Å². The fourth-order valence-corrected chi connectivity index (χ4v) is 2.24. The van der Waals surface area contributed by atoms with Crippen LogP contribution < -0.4 is 5.32 Å². The Labute approximate surface area is 118 Å². The molecule has 1 aliphatic rings. The summed E-state index contributed by atoms with van der Waals surface area (Å²) in [5.74, 6) is -0.121. The molecule has 2 rings (SSSR count). The maximum Gasteiger partial charge on any atom is 0.244 e. The average Bonchev–Trinajstić information content (AvgIpc) is 3.16. The molecule has 4 heteroatoms. The molecule has 102 valence electrons. The summed E-state index contributed by atoms with van der Waals surface area (Å²) in [7, 11) is 0. The van der Waals surface area contributed by atoms with Gasteiger partial charge in [0.25, 0.3) is 0 Å². The third-order valence-corrected chi connectivity index (χ3v) is 3.90. The van der Waals surface area contributed by atoms with Crippen LogP contribution in [-0.2, 0) is 4.79 Å². The number of hydrogen-bond donors (Lipinski definition) is 2. The van der Waals surface area contributed by atoms with Gasteiger partial charge in [0.2, 0.25) is 5.91 Å². The third kappa shape index (κ3) is 4.08. The first-order valence-electron chi connectivity index (χ1n) is 6.47. The number of halogens is 1. The molecule has 1 amide bonds. The molecule has 0 atom stereocenters. The van der Waals surface area contributed by atoms with Crippen LogP contribution >= 0.6 is 11.6 Å². The summed E-state index contributed by atoms with van der Waals surface area (Å²) < 4.78 is 0. The standard InChI is InChI=1S/C15H18ClNO2/c16-13-4-2-1-3-12(13)5-6-14(19)17-11-15(7-8-15)9-10-18/h1-6,18H,7-11H2,(H,17,19)/b6-5+. The van der Waals surface area contributed by atoms with Crippen LogP contribution in [0.4, 0.5) is 0 Å². The van der Waals surface area contributed by atoms with Crippen LogP contribution in [0.3, 0.4) is 0 Å². The number of carbonyl (C=O) groups excluding carboxylic acids is 1. The Morgan fingerprint density at radius 1 is 1.42 bits per heavy atom. The van der Waals surface area contributed by atoms with E-state index >= 15 is 0 Å². The molecule has 0 aromatic heterocycles. The van der Waals surface area contributed by atoms with Crippen LogP contribution in [0, 0.1) is 5.41 Å². The molecular weight excluding hydrogens is 262 g/mol. The monoisotopic (exact) mass is 279 g/mol. The highest BCUT2D eigenvalue weighted by Gasteiger charge is 2.41. The Bertz CT molecular complexity index is 481. The Kier molecular flexibility index (Phi) is 4.61. The van der Waals surface area contributed by atoms with Crippen molar-refractivity contribution in [3.8, 4) is 0 Å². The molecule has 19 heavy (non-hydrogen) atoms. The smallest absolute Gasteiger partial charge is 0.244 e. The predicted molar refractivity (Wildman–Crippen MR) is 76.9 cm³/mol. The minimum Gasteiger partial charge on any atom is -0.396 e. The van der Waals surface area contributed by atoms with E-state index in [1.54, 1.807) is 12.1 Å². The lowest BCUT2D eigenvalue weighted by Crippen LogP contribution is -2.29. The predicted octanol–water partition coefficient (Wildman–Crippen LogP) is 2.63. The van der Waals surface area contributed by atoms with Gasteiger partial charge in [-0.3, -0.25) is 4.79 Å². The van der Waals surface area contributed by atoms with Gasteiger partial charge in [-0.25, -0.2) is 0 Å². The Morgan fingerprint density at radius 3 is 2.79 bits per heavy atom. The Morgan fingerprint density at radius 2 is 2.16 bits per heavy atom. The first kappa shape index (κ1) is 14.1. The molecule has 0 saturated heterocycles. The lowest BCUT2D eigenvalue weighted by atomic mass is 10.0. The van der Waals surface area contributed by atoms with Crippen molar-refractivity contribution in [3.05, 3.63) is 40.9 Å². The van der Waals surface area contributed by atoms with Crippen molar-refractivity contribution in [2.45, 2.75) is 19.3 Å². The third-order valence-electron chi connectivity index (χ3n) is 3.56. The molecule has 1 aliphatic carbocycles. The van der Waals surface area contributed by atoms with Gasteiger partial charge < -0.3 is 10.4 Å². The molecule has 3 nitrogen and oxygen atoms in total. The number of benzene rings is 1. The summed E-state index contributed by atoms with van der Waals surface area (Å²) in [4.78, 5) is 11.7. The molecule has 1 aromatic rings. The van der Waals surface area contributed by atoms with Gasteiger partial charge in [0, 0.05) is 24.3 Å². The highest BCUT2D eigenvalue weighted by Crippen LogP contribution is 2.47. The van der Waals surface area contributed by atoms with Gasteiger partial charge in [-0.05, 0) is 42.4 Å². The number of rotatable bonds is 6. The molecule has 0 radical (unpaired) electrons. The quantitative estimate of drug-likeness (QED) is 0.787. The Hall–Kier alpha value is -1.32. The topological polar surface area (TPSA) is 49.3 Å². The maximum atomic E-state index is 11.7. The fraction of sp³-hybridized carbons (Fsp3) is 0.400. The van der Waals surface area contributed by atoms with Crippen LogP contribution in [0.1, 0.15) is 24.8 Å². The molecule has 1 saturated carbocycles. The highest BCUT2D eigenvalue weighted by molar-refractivity contribution is 6.32. The molecule has 0 bridgehead atoms. The van der Waals surface area contributed by atoms with E-state index in [9.17, 15) is 4.79 Å². The number of amides is 1. The molecule has 1 fully saturated rings. The average molecular weight is 280 g/mol. The maximum absolute atomic E-state index is 11.7. The number of aliphatic hydroxyl groups excluding tert-OH is 1. The van der Waals surface area contributed by atoms with E-state index in [-0.39, 0.29) is 17.9 Å². The first-order valence-corrected chi connectivity index (χ1v) is 6.84. The van der Waals surface area contributed by atoms with Crippen molar-refractivity contribution in [1.82, 2.24) is 5.32 Å². The SMILES string of the molecule is O=C(/C=C/c1ccccc1Cl)NCC1(CCO)CC1. The molecular formula is C15H18ClNO2. The molecule has 1 aromatic carbocycles. The van der Waals surface area contributed by atoms with E-state index in [1.165, 1.54) is 6.08 Å². The normalized spacial score (nSPS) is 16.5. The number of carbonyl (C=O) groups is 1. The minimum absolute atomic E-state index is 0.121. The van der Waals surface area contributed by atoms with Crippen molar-refractivity contribution >= 4 is 23.6 Å². The summed E-state index contributed by atoms with van der Waals surface area (Å²) in [5, 5.41) is 12.5. The highest BCUT2D eigenvalue weighted by atomic mass is 35.5. The lowest BCUT2D eigenvalue weighted by molar-refractivity contribution is -0.116. The Balaban J connectivity index is 1.83. The summed E-state index contributed by atoms with van der Waals surface area (Å²) in [6.07, 6.45) is 6.14. The van der Waals surface area contributed by atoms with Crippen molar-refractivity contribution in [1.29, 1.82) is 0 Å². The van der Waals surface area contributed by atoms with E-state index in [0.29, 0.717) is 11.6 Å². The van der Waals surface area contributed by atoms with Gasteiger partial charge in [0.15, 0.2) is 0 Å². The zero-order valence-electron chi connectivity index (χ0n) is 10.7. The minimum atomic E-state index is -0.121. The second kappa shape index (κ2) is 6.22. The molecule has 0 aliphatic heterocycles. The summed E-state index contributed by atoms with van der Waals surface area (Å²) in [6.45, 7) is 0.824. The van der Waals surface area contributed by atoms with E-state index in [2.05, 4.69) is 5.32 Å². The fourth-order valence-electron chi connectivity index (χ4n) is 2.04. The lowest BCUT2D eigenvalue weighted by Gasteiger charge is -2.13. The molecule has 2 N–H and O–H groups in total. The van der Waals surface area contributed by atoms with Crippen molar-refractivity contribution < 1.29 is 9.90 Å². The molecule has 0 unspecified atom stereocenters. The van der Waals surface area contributed by atoms with Crippen LogP contribution in [0.2, 0.25) is 5.02 Å². The summed E-state index contributed by atoms with van der Waals surface area (Å²) in [5.41, 5.74) is 0.971. The van der Waals surface area contributed by atoms with Gasteiger partial charge in [0.05, 0.1) is 0 Å². The van der Waals surface area contributed by atoms with Gasteiger partial charge in [-0.2, -0.15) is 0 Å². The largest absolute Gasteiger partial charge is 0.396 e. The van der Waals surface area contributed by atoms with E-state index < -0.39 is 0 Å². The van der Waals surface area contributed by atoms with Gasteiger partial charge in [0.1, 0.15) is 0 Å².